The third kappa shape index (κ3) is 2.32. The number of fused-ring (bicyclic) bond motifs is 1. The van der Waals surface area contributed by atoms with Crippen LogP contribution in [0.4, 0.5) is 10.1 Å². The molecule has 0 saturated carbocycles. The smallest absolute Gasteiger partial charge is 0.231 e. The maximum Gasteiger partial charge on any atom is 0.231 e. The monoisotopic (exact) mass is 284 g/mol. The van der Waals surface area contributed by atoms with Crippen LogP contribution in [0, 0.1) is 12.7 Å². The molecule has 2 atom stereocenters. The lowest BCUT2D eigenvalue weighted by molar-refractivity contribution is -0.116. The van der Waals surface area contributed by atoms with Gasteiger partial charge in [-0.3, -0.25) is 4.79 Å². The number of amides is 1. The summed E-state index contributed by atoms with van der Waals surface area (Å²) in [6.07, 6.45) is 0. The Bertz CT molecular complexity index is 727. The van der Waals surface area contributed by atoms with Crippen molar-refractivity contribution in [3.63, 3.8) is 0 Å². The Morgan fingerprint density at radius 3 is 2.76 bits per heavy atom. The molecule has 0 bridgehead atoms. The molecule has 108 valence electrons. The third-order valence-corrected chi connectivity index (χ3v) is 4.01. The first kappa shape index (κ1) is 13.8. The fraction of sp³-hybridized carbons (Fsp3) is 0.235. The zero-order valence-electron chi connectivity index (χ0n) is 12.0. The number of rotatable bonds is 2. The van der Waals surface area contributed by atoms with E-state index >= 15 is 0 Å². The average Bonchev–Trinajstić information content (AvgIpc) is 2.73. The van der Waals surface area contributed by atoms with Crippen LogP contribution in [0.1, 0.15) is 41.1 Å². The lowest BCUT2D eigenvalue weighted by Gasteiger charge is -2.17. The number of hydrogen-bond acceptors (Lipinski definition) is 2. The van der Waals surface area contributed by atoms with E-state index < -0.39 is 6.04 Å². The van der Waals surface area contributed by atoms with Gasteiger partial charge in [-0.15, -0.1) is 0 Å². The van der Waals surface area contributed by atoms with Gasteiger partial charge in [0.2, 0.25) is 5.91 Å². The van der Waals surface area contributed by atoms with Crippen molar-refractivity contribution < 1.29 is 9.18 Å². The van der Waals surface area contributed by atoms with E-state index in [9.17, 15) is 9.18 Å². The van der Waals surface area contributed by atoms with Crippen LogP contribution in [-0.4, -0.2) is 5.91 Å². The molecule has 2 unspecified atom stereocenters. The molecule has 0 radical (unpaired) electrons. The molecule has 1 aliphatic heterocycles. The predicted molar refractivity (Wildman–Crippen MR) is 80.7 cm³/mol. The quantitative estimate of drug-likeness (QED) is 0.889. The summed E-state index contributed by atoms with van der Waals surface area (Å²) < 4.78 is 13.9. The highest BCUT2D eigenvalue weighted by atomic mass is 19.1. The van der Waals surface area contributed by atoms with Crippen LogP contribution >= 0.6 is 0 Å². The standard InChI is InChI=1S/C17H17FN2O/c1-9-4-3-5-11(6-9)15(19)14-8-12(18)7-13-10(2)17(21)20-16(13)14/h3-8,10,15H,19H2,1-2H3,(H,20,21). The van der Waals surface area contributed by atoms with Crippen molar-refractivity contribution >= 4 is 11.6 Å². The molecular formula is C17H17FN2O. The van der Waals surface area contributed by atoms with Crippen molar-refractivity contribution in [2.24, 2.45) is 5.73 Å². The minimum absolute atomic E-state index is 0.117. The van der Waals surface area contributed by atoms with E-state index in [0.29, 0.717) is 16.8 Å². The Labute approximate surface area is 123 Å². The van der Waals surface area contributed by atoms with Gasteiger partial charge < -0.3 is 11.1 Å². The van der Waals surface area contributed by atoms with Gasteiger partial charge in [0.15, 0.2) is 0 Å². The molecular weight excluding hydrogens is 267 g/mol. The van der Waals surface area contributed by atoms with Crippen molar-refractivity contribution in [3.8, 4) is 0 Å². The third-order valence-electron chi connectivity index (χ3n) is 4.01. The van der Waals surface area contributed by atoms with Gasteiger partial charge in [-0.1, -0.05) is 29.8 Å². The van der Waals surface area contributed by atoms with Crippen LogP contribution in [-0.2, 0) is 4.79 Å². The molecule has 3 rings (SSSR count). The molecule has 3 N–H and O–H groups in total. The number of anilines is 1. The van der Waals surface area contributed by atoms with E-state index in [1.54, 1.807) is 6.92 Å². The van der Waals surface area contributed by atoms with E-state index in [1.807, 2.05) is 31.2 Å². The van der Waals surface area contributed by atoms with Gasteiger partial charge in [0.25, 0.3) is 0 Å². The summed E-state index contributed by atoms with van der Waals surface area (Å²) in [6, 6.07) is 10.1. The lowest BCUT2D eigenvalue weighted by Crippen LogP contribution is -2.15. The summed E-state index contributed by atoms with van der Waals surface area (Å²) in [5.74, 6) is -0.831. The molecule has 0 saturated heterocycles. The molecule has 21 heavy (non-hydrogen) atoms. The van der Waals surface area contributed by atoms with Crippen molar-refractivity contribution in [1.82, 2.24) is 0 Å². The topological polar surface area (TPSA) is 55.1 Å². The van der Waals surface area contributed by atoms with Gasteiger partial charge in [0, 0.05) is 5.56 Å². The molecule has 1 aliphatic rings. The highest BCUT2D eigenvalue weighted by Crippen LogP contribution is 2.39. The Hall–Kier alpha value is -2.20. The second kappa shape index (κ2) is 4.97. The number of nitrogens with one attached hydrogen (secondary N) is 1. The number of carbonyl (C=O) groups excluding carboxylic acids is 1. The first-order chi connectivity index (χ1) is 9.97. The largest absolute Gasteiger partial charge is 0.325 e. The van der Waals surface area contributed by atoms with Crippen LogP contribution in [0.5, 0.6) is 0 Å². The second-order valence-corrected chi connectivity index (χ2v) is 5.56. The Balaban J connectivity index is 2.11. The number of hydrogen-bond donors (Lipinski definition) is 2. The highest BCUT2D eigenvalue weighted by molar-refractivity contribution is 6.03. The van der Waals surface area contributed by atoms with Crippen LogP contribution in [0.15, 0.2) is 36.4 Å². The molecule has 0 spiro atoms. The van der Waals surface area contributed by atoms with Gasteiger partial charge in [-0.25, -0.2) is 4.39 Å². The van der Waals surface area contributed by atoms with E-state index in [0.717, 1.165) is 11.1 Å². The van der Waals surface area contributed by atoms with Crippen LogP contribution in [0.3, 0.4) is 0 Å². The number of halogens is 1. The molecule has 4 heteroatoms. The zero-order valence-corrected chi connectivity index (χ0v) is 12.0. The number of aryl methyl sites for hydroxylation is 1. The summed E-state index contributed by atoms with van der Waals surface area (Å²) in [7, 11) is 0. The Kier molecular flexibility index (Phi) is 3.26. The molecule has 3 nitrogen and oxygen atoms in total. The number of nitrogens with two attached hydrogens (primary N) is 1. The fourth-order valence-electron chi connectivity index (χ4n) is 2.80. The zero-order chi connectivity index (χ0) is 15.1. The Morgan fingerprint density at radius 2 is 2.05 bits per heavy atom. The summed E-state index contributed by atoms with van der Waals surface area (Å²) in [4.78, 5) is 11.8. The minimum Gasteiger partial charge on any atom is -0.325 e. The van der Waals surface area contributed by atoms with Crippen molar-refractivity contribution in [1.29, 1.82) is 0 Å². The van der Waals surface area contributed by atoms with Crippen LogP contribution < -0.4 is 11.1 Å². The SMILES string of the molecule is Cc1cccc(C(N)c2cc(F)cc3c2NC(=O)C3C)c1. The van der Waals surface area contributed by atoms with Gasteiger partial charge in [0.05, 0.1) is 17.6 Å². The molecule has 0 aliphatic carbocycles. The summed E-state index contributed by atoms with van der Waals surface area (Å²) >= 11 is 0. The van der Waals surface area contributed by atoms with Crippen LogP contribution in [0.25, 0.3) is 0 Å². The Morgan fingerprint density at radius 1 is 1.29 bits per heavy atom. The molecule has 2 aromatic carbocycles. The highest BCUT2D eigenvalue weighted by Gasteiger charge is 2.31. The summed E-state index contributed by atoms with van der Waals surface area (Å²) in [5, 5.41) is 2.82. The number of carbonyl (C=O) groups is 1. The first-order valence-electron chi connectivity index (χ1n) is 6.93. The van der Waals surface area contributed by atoms with Crippen molar-refractivity contribution in [2.75, 3.05) is 5.32 Å². The maximum absolute atomic E-state index is 13.9. The lowest BCUT2D eigenvalue weighted by atomic mass is 9.93. The van der Waals surface area contributed by atoms with Crippen LogP contribution in [0.2, 0.25) is 0 Å². The van der Waals surface area contributed by atoms with Gasteiger partial charge >= 0.3 is 0 Å². The van der Waals surface area contributed by atoms with E-state index in [2.05, 4.69) is 5.32 Å². The normalized spacial score (nSPS) is 18.3. The average molecular weight is 284 g/mol. The predicted octanol–water partition coefficient (Wildman–Crippen LogP) is 3.24. The van der Waals surface area contributed by atoms with Gasteiger partial charge in [0.1, 0.15) is 5.82 Å². The molecule has 1 amide bonds. The van der Waals surface area contributed by atoms with E-state index in [1.165, 1.54) is 12.1 Å². The van der Waals surface area contributed by atoms with Crippen molar-refractivity contribution in [2.45, 2.75) is 25.8 Å². The van der Waals surface area contributed by atoms with Gasteiger partial charge in [-0.05, 0) is 37.1 Å². The van der Waals surface area contributed by atoms with E-state index in [4.69, 9.17) is 5.73 Å². The first-order valence-corrected chi connectivity index (χ1v) is 6.93. The molecule has 1 heterocycles. The molecule has 0 aromatic heterocycles. The summed E-state index contributed by atoms with van der Waals surface area (Å²) in [6.45, 7) is 3.75. The molecule has 2 aromatic rings. The maximum atomic E-state index is 13.9. The molecule has 0 fully saturated rings. The second-order valence-electron chi connectivity index (χ2n) is 5.56. The van der Waals surface area contributed by atoms with Gasteiger partial charge in [-0.2, -0.15) is 0 Å². The fourth-order valence-corrected chi connectivity index (χ4v) is 2.80. The number of benzene rings is 2. The van der Waals surface area contributed by atoms with Crippen molar-refractivity contribution in [3.05, 3.63) is 64.5 Å². The van der Waals surface area contributed by atoms with E-state index in [-0.39, 0.29) is 17.6 Å². The minimum atomic E-state index is -0.472. The summed E-state index contributed by atoms with van der Waals surface area (Å²) in [5.41, 5.74) is 10.2.